The number of methoxy groups -OCH3 is 1. The van der Waals surface area contributed by atoms with Crippen LogP contribution in [-0.2, 0) is 4.79 Å². The number of carbonyl (C=O) groups excluding carboxylic acids is 1. The van der Waals surface area contributed by atoms with Gasteiger partial charge in [-0.15, -0.1) is 0 Å². The van der Waals surface area contributed by atoms with Crippen molar-refractivity contribution < 1.29 is 27.4 Å². The lowest BCUT2D eigenvalue weighted by atomic mass is 9.95. The minimum atomic E-state index is -4.46. The second-order valence-corrected chi connectivity index (χ2v) is 5.79. The van der Waals surface area contributed by atoms with Crippen LogP contribution in [0.5, 0.6) is 11.5 Å². The topological polar surface area (TPSA) is 73.6 Å². The molecule has 0 unspecified atom stereocenters. The predicted octanol–water partition coefficient (Wildman–Crippen LogP) is 2.95. The third kappa shape index (κ3) is 4.77. The zero-order chi connectivity index (χ0) is 17.7. The number of rotatable bonds is 6. The Balaban J connectivity index is 2.08. The van der Waals surface area contributed by atoms with Crippen molar-refractivity contribution in [3.05, 3.63) is 18.2 Å². The van der Waals surface area contributed by atoms with E-state index in [1.807, 2.05) is 0 Å². The highest BCUT2D eigenvalue weighted by molar-refractivity contribution is 5.93. The van der Waals surface area contributed by atoms with Crippen molar-refractivity contribution in [2.45, 2.75) is 25.4 Å². The van der Waals surface area contributed by atoms with Gasteiger partial charge in [-0.25, -0.2) is 0 Å². The highest BCUT2D eigenvalue weighted by Gasteiger charge is 2.32. The summed E-state index contributed by atoms with van der Waals surface area (Å²) in [4.78, 5) is 12.3. The van der Waals surface area contributed by atoms with Gasteiger partial charge in [-0.05, 0) is 37.4 Å². The van der Waals surface area contributed by atoms with Gasteiger partial charge in [0.25, 0.3) is 0 Å². The Morgan fingerprint density at radius 2 is 2.08 bits per heavy atom. The fourth-order valence-electron chi connectivity index (χ4n) is 2.93. The first-order chi connectivity index (χ1) is 11.3. The van der Waals surface area contributed by atoms with Gasteiger partial charge in [-0.3, -0.25) is 4.79 Å². The molecule has 1 amide bonds. The molecule has 1 fully saturated rings. The summed E-state index contributed by atoms with van der Waals surface area (Å²) in [6.45, 7) is -0.987. The number of halogens is 3. The zero-order valence-electron chi connectivity index (χ0n) is 13.4. The highest BCUT2D eigenvalue weighted by Crippen LogP contribution is 2.34. The Kier molecular flexibility index (Phi) is 5.93. The zero-order valence-corrected chi connectivity index (χ0v) is 13.4. The summed E-state index contributed by atoms with van der Waals surface area (Å²) in [6, 6.07) is 4.34. The van der Waals surface area contributed by atoms with Crippen molar-refractivity contribution in [3.8, 4) is 11.5 Å². The van der Waals surface area contributed by atoms with Gasteiger partial charge in [-0.2, -0.15) is 13.2 Å². The lowest BCUT2D eigenvalue weighted by Crippen LogP contribution is -2.29. The molecule has 0 aliphatic heterocycles. The van der Waals surface area contributed by atoms with Crippen molar-refractivity contribution in [2.24, 2.45) is 17.6 Å². The molecular formula is C16H21F3N2O3. The summed E-state index contributed by atoms with van der Waals surface area (Å²) in [7, 11) is 1.33. The van der Waals surface area contributed by atoms with Crippen LogP contribution in [0.4, 0.5) is 18.9 Å². The molecule has 1 aromatic carbocycles. The van der Waals surface area contributed by atoms with Crippen LogP contribution >= 0.6 is 0 Å². The number of anilines is 1. The molecule has 0 saturated heterocycles. The molecule has 134 valence electrons. The highest BCUT2D eigenvalue weighted by atomic mass is 19.4. The number of hydrogen-bond acceptors (Lipinski definition) is 4. The van der Waals surface area contributed by atoms with Gasteiger partial charge in [-0.1, -0.05) is 6.42 Å². The summed E-state index contributed by atoms with van der Waals surface area (Å²) in [5.74, 6) is -0.108. The number of nitrogens with one attached hydrogen (secondary N) is 1. The van der Waals surface area contributed by atoms with E-state index in [0.717, 1.165) is 19.3 Å². The van der Waals surface area contributed by atoms with Crippen LogP contribution in [0.25, 0.3) is 0 Å². The third-order valence-electron chi connectivity index (χ3n) is 4.12. The second kappa shape index (κ2) is 7.74. The Morgan fingerprint density at radius 3 is 2.71 bits per heavy atom. The SMILES string of the molecule is COc1ccc(NC(=O)[C@@H]2CCC[C@@H]2CN)cc1OCC(F)(F)F. The maximum absolute atomic E-state index is 12.3. The van der Waals surface area contributed by atoms with Crippen LogP contribution in [0.1, 0.15) is 19.3 Å². The normalized spacial score (nSPS) is 20.7. The van der Waals surface area contributed by atoms with E-state index in [4.69, 9.17) is 15.2 Å². The van der Waals surface area contributed by atoms with Crippen molar-refractivity contribution in [2.75, 3.05) is 25.6 Å². The van der Waals surface area contributed by atoms with Crippen LogP contribution in [0.3, 0.4) is 0 Å². The van der Waals surface area contributed by atoms with E-state index < -0.39 is 12.8 Å². The van der Waals surface area contributed by atoms with Gasteiger partial charge in [0.1, 0.15) is 0 Å². The first-order valence-electron chi connectivity index (χ1n) is 7.72. The van der Waals surface area contributed by atoms with Crippen LogP contribution in [0.2, 0.25) is 0 Å². The van der Waals surface area contributed by atoms with Crippen LogP contribution < -0.4 is 20.5 Å². The summed E-state index contributed by atoms with van der Waals surface area (Å²) >= 11 is 0. The molecule has 1 aromatic rings. The number of carbonyl (C=O) groups is 1. The van der Waals surface area contributed by atoms with Crippen LogP contribution in [0, 0.1) is 11.8 Å². The maximum atomic E-state index is 12.3. The molecule has 5 nitrogen and oxygen atoms in total. The molecular weight excluding hydrogens is 325 g/mol. The average Bonchev–Trinajstić information content (AvgIpc) is 3.01. The Labute approximate surface area is 138 Å². The molecule has 1 aliphatic rings. The minimum Gasteiger partial charge on any atom is -0.493 e. The van der Waals surface area contributed by atoms with Crippen LogP contribution in [0.15, 0.2) is 18.2 Å². The van der Waals surface area contributed by atoms with Crippen LogP contribution in [-0.4, -0.2) is 32.3 Å². The van der Waals surface area contributed by atoms with Gasteiger partial charge in [0, 0.05) is 17.7 Å². The summed E-state index contributed by atoms with van der Waals surface area (Å²) < 4.78 is 46.7. The Morgan fingerprint density at radius 1 is 1.33 bits per heavy atom. The van der Waals surface area contributed by atoms with E-state index in [0.29, 0.717) is 12.2 Å². The number of nitrogens with two attached hydrogens (primary N) is 1. The van der Waals surface area contributed by atoms with E-state index in [1.54, 1.807) is 6.07 Å². The molecule has 2 rings (SSSR count). The number of alkyl halides is 3. The molecule has 0 bridgehead atoms. The first kappa shape index (κ1) is 18.4. The Hall–Kier alpha value is -1.96. The quantitative estimate of drug-likeness (QED) is 0.831. The van der Waals surface area contributed by atoms with E-state index >= 15 is 0 Å². The van der Waals surface area contributed by atoms with E-state index in [9.17, 15) is 18.0 Å². The molecule has 0 heterocycles. The van der Waals surface area contributed by atoms with Crippen molar-refractivity contribution in [1.82, 2.24) is 0 Å². The molecule has 8 heteroatoms. The summed E-state index contributed by atoms with van der Waals surface area (Å²) in [5.41, 5.74) is 6.04. The molecule has 24 heavy (non-hydrogen) atoms. The largest absolute Gasteiger partial charge is 0.493 e. The van der Waals surface area contributed by atoms with E-state index in [2.05, 4.69) is 5.32 Å². The standard InChI is InChI=1S/C16H21F3N2O3/c1-23-13-6-5-11(7-14(13)24-9-16(17,18)19)21-15(22)12-4-2-3-10(12)8-20/h5-7,10,12H,2-4,8-9,20H2,1H3,(H,21,22)/t10-,12-/m1/s1. The smallest absolute Gasteiger partial charge is 0.422 e. The monoisotopic (exact) mass is 346 g/mol. The summed E-state index contributed by atoms with van der Waals surface area (Å²) in [5, 5.41) is 2.73. The lowest BCUT2D eigenvalue weighted by Gasteiger charge is -2.18. The molecule has 3 N–H and O–H groups in total. The first-order valence-corrected chi connectivity index (χ1v) is 7.72. The third-order valence-corrected chi connectivity index (χ3v) is 4.12. The number of benzene rings is 1. The maximum Gasteiger partial charge on any atom is 0.422 e. The molecule has 0 spiro atoms. The number of hydrogen-bond donors (Lipinski definition) is 2. The van der Waals surface area contributed by atoms with E-state index in [1.165, 1.54) is 19.2 Å². The molecule has 1 aliphatic carbocycles. The van der Waals surface area contributed by atoms with Gasteiger partial charge in [0.2, 0.25) is 5.91 Å². The molecule has 2 atom stereocenters. The molecule has 1 saturated carbocycles. The number of ether oxygens (including phenoxy) is 2. The Bertz CT molecular complexity index is 578. The van der Waals surface area contributed by atoms with Gasteiger partial charge >= 0.3 is 6.18 Å². The van der Waals surface area contributed by atoms with Gasteiger partial charge in [0.15, 0.2) is 18.1 Å². The molecule has 0 radical (unpaired) electrons. The minimum absolute atomic E-state index is 0.0746. The molecule has 0 aromatic heterocycles. The van der Waals surface area contributed by atoms with Gasteiger partial charge in [0.05, 0.1) is 7.11 Å². The second-order valence-electron chi connectivity index (χ2n) is 5.79. The van der Waals surface area contributed by atoms with E-state index in [-0.39, 0.29) is 29.2 Å². The summed E-state index contributed by atoms with van der Waals surface area (Å²) in [6.07, 6.45) is -1.83. The average molecular weight is 346 g/mol. The van der Waals surface area contributed by atoms with Crippen molar-refractivity contribution in [3.63, 3.8) is 0 Å². The van der Waals surface area contributed by atoms with Crippen molar-refractivity contribution >= 4 is 11.6 Å². The fourth-order valence-corrected chi connectivity index (χ4v) is 2.93. The fraction of sp³-hybridized carbons (Fsp3) is 0.562. The van der Waals surface area contributed by atoms with Crippen molar-refractivity contribution in [1.29, 1.82) is 0 Å². The van der Waals surface area contributed by atoms with Gasteiger partial charge < -0.3 is 20.5 Å². The number of amides is 1. The lowest BCUT2D eigenvalue weighted by molar-refractivity contribution is -0.153. The predicted molar refractivity (Wildman–Crippen MR) is 83.1 cm³/mol.